The van der Waals surface area contributed by atoms with E-state index in [0.29, 0.717) is 11.3 Å². The van der Waals surface area contributed by atoms with E-state index < -0.39 is 0 Å². The van der Waals surface area contributed by atoms with Gasteiger partial charge in [0.05, 0.1) is 0 Å². The van der Waals surface area contributed by atoms with Crippen LogP contribution < -0.4 is 5.73 Å². The number of nitrogens with two attached hydrogens (primary N) is 1. The average molecular weight is 218 g/mol. The average Bonchev–Trinajstić information content (AvgIpc) is 2.58. The smallest absolute Gasteiger partial charge is 0.253 e. The van der Waals surface area contributed by atoms with Crippen molar-refractivity contribution in [3.05, 3.63) is 29.8 Å². The Morgan fingerprint density at radius 3 is 2.75 bits per heavy atom. The zero-order valence-corrected chi connectivity index (χ0v) is 9.86. The molecule has 16 heavy (non-hydrogen) atoms. The van der Waals surface area contributed by atoms with Crippen LogP contribution in [-0.2, 0) is 0 Å². The number of hydrogen-bond donors (Lipinski definition) is 1. The van der Waals surface area contributed by atoms with Gasteiger partial charge in [-0.15, -0.1) is 0 Å². The van der Waals surface area contributed by atoms with Crippen molar-refractivity contribution in [3.8, 4) is 0 Å². The molecule has 0 spiro atoms. The second kappa shape index (κ2) is 3.81. The van der Waals surface area contributed by atoms with Crippen LogP contribution in [0.5, 0.6) is 0 Å². The monoisotopic (exact) mass is 218 g/mol. The molecule has 2 N–H and O–H groups in total. The number of rotatable bonds is 1. The van der Waals surface area contributed by atoms with Gasteiger partial charge in [-0.1, -0.05) is 19.9 Å². The first kappa shape index (κ1) is 11.0. The standard InChI is InChI=1S/C13H18N2O/c1-13(2)6-7-15(9-13)12(16)10-4-3-5-11(14)8-10/h3-5,8H,6-7,9,14H2,1-2H3. The number of anilines is 1. The Bertz CT molecular complexity index is 412. The van der Waals surface area contributed by atoms with Crippen molar-refractivity contribution in [2.75, 3.05) is 18.8 Å². The number of amides is 1. The van der Waals surface area contributed by atoms with Crippen molar-refractivity contribution >= 4 is 11.6 Å². The van der Waals surface area contributed by atoms with Gasteiger partial charge >= 0.3 is 0 Å². The third kappa shape index (κ3) is 2.18. The van der Waals surface area contributed by atoms with Crippen LogP contribution in [0, 0.1) is 5.41 Å². The Kier molecular flexibility index (Phi) is 2.62. The summed E-state index contributed by atoms with van der Waals surface area (Å²) in [7, 11) is 0. The minimum Gasteiger partial charge on any atom is -0.399 e. The van der Waals surface area contributed by atoms with Crippen molar-refractivity contribution < 1.29 is 4.79 Å². The van der Waals surface area contributed by atoms with Crippen LogP contribution in [0.3, 0.4) is 0 Å². The van der Waals surface area contributed by atoms with Crippen LogP contribution in [0.4, 0.5) is 5.69 Å². The predicted octanol–water partition coefficient (Wildman–Crippen LogP) is 2.14. The molecule has 1 fully saturated rings. The summed E-state index contributed by atoms with van der Waals surface area (Å²) in [5.41, 5.74) is 7.26. The second-order valence-electron chi connectivity index (χ2n) is 5.27. The molecule has 0 saturated carbocycles. The first-order valence-electron chi connectivity index (χ1n) is 5.63. The number of nitrogens with zero attached hydrogens (tertiary/aromatic N) is 1. The van der Waals surface area contributed by atoms with Gasteiger partial charge in [-0.3, -0.25) is 4.79 Å². The molecular weight excluding hydrogens is 200 g/mol. The maximum atomic E-state index is 12.2. The Labute approximate surface area is 96.2 Å². The molecule has 0 unspecified atom stereocenters. The van der Waals surface area contributed by atoms with E-state index in [1.165, 1.54) is 0 Å². The third-order valence-electron chi connectivity index (χ3n) is 3.10. The summed E-state index contributed by atoms with van der Waals surface area (Å²) < 4.78 is 0. The molecule has 0 radical (unpaired) electrons. The van der Waals surface area contributed by atoms with Crippen LogP contribution in [0.2, 0.25) is 0 Å². The largest absolute Gasteiger partial charge is 0.399 e. The predicted molar refractivity (Wildman–Crippen MR) is 65.2 cm³/mol. The molecule has 3 heteroatoms. The Morgan fingerprint density at radius 1 is 1.44 bits per heavy atom. The molecule has 0 aliphatic carbocycles. The van der Waals surface area contributed by atoms with Crippen LogP contribution in [0.15, 0.2) is 24.3 Å². The van der Waals surface area contributed by atoms with Crippen molar-refractivity contribution in [3.63, 3.8) is 0 Å². The fourth-order valence-corrected chi connectivity index (χ4v) is 2.14. The highest BCUT2D eigenvalue weighted by Gasteiger charge is 2.32. The van der Waals surface area contributed by atoms with Crippen LogP contribution in [-0.4, -0.2) is 23.9 Å². The highest BCUT2D eigenvalue weighted by molar-refractivity contribution is 5.95. The summed E-state index contributed by atoms with van der Waals surface area (Å²) in [4.78, 5) is 14.1. The summed E-state index contributed by atoms with van der Waals surface area (Å²) in [6.07, 6.45) is 1.07. The third-order valence-corrected chi connectivity index (χ3v) is 3.10. The van der Waals surface area contributed by atoms with Gasteiger partial charge in [-0.25, -0.2) is 0 Å². The molecule has 2 rings (SSSR count). The van der Waals surface area contributed by atoms with Gasteiger partial charge < -0.3 is 10.6 Å². The molecule has 0 atom stereocenters. The lowest BCUT2D eigenvalue weighted by atomic mass is 9.93. The molecule has 1 heterocycles. The Morgan fingerprint density at radius 2 is 2.19 bits per heavy atom. The molecule has 0 aromatic heterocycles. The molecule has 1 amide bonds. The van der Waals surface area contributed by atoms with E-state index in [0.717, 1.165) is 19.5 Å². The van der Waals surface area contributed by atoms with E-state index in [-0.39, 0.29) is 11.3 Å². The van der Waals surface area contributed by atoms with E-state index >= 15 is 0 Å². The van der Waals surface area contributed by atoms with Crippen molar-refractivity contribution in [1.82, 2.24) is 4.90 Å². The Balaban J connectivity index is 2.15. The summed E-state index contributed by atoms with van der Waals surface area (Å²) in [5.74, 6) is 0.0953. The number of benzene rings is 1. The maximum absolute atomic E-state index is 12.2. The molecule has 1 aliphatic rings. The molecule has 1 aromatic carbocycles. The number of carbonyl (C=O) groups excluding carboxylic acids is 1. The lowest BCUT2D eigenvalue weighted by Crippen LogP contribution is -2.30. The number of nitrogen functional groups attached to an aromatic ring is 1. The SMILES string of the molecule is CC1(C)CCN(C(=O)c2cccc(N)c2)C1. The van der Waals surface area contributed by atoms with Gasteiger partial charge in [0.15, 0.2) is 0 Å². The summed E-state index contributed by atoms with van der Waals surface area (Å²) >= 11 is 0. The molecule has 0 bridgehead atoms. The molecule has 86 valence electrons. The highest BCUT2D eigenvalue weighted by atomic mass is 16.2. The van der Waals surface area contributed by atoms with Crippen LogP contribution in [0.25, 0.3) is 0 Å². The van der Waals surface area contributed by atoms with Gasteiger partial charge in [0.25, 0.3) is 5.91 Å². The Hall–Kier alpha value is -1.51. The van der Waals surface area contributed by atoms with E-state index in [4.69, 9.17) is 5.73 Å². The van der Waals surface area contributed by atoms with Crippen molar-refractivity contribution in [2.45, 2.75) is 20.3 Å². The minimum absolute atomic E-state index is 0.0953. The van der Waals surface area contributed by atoms with Crippen molar-refractivity contribution in [2.24, 2.45) is 5.41 Å². The summed E-state index contributed by atoms with van der Waals surface area (Å²) in [5, 5.41) is 0. The van der Waals surface area contributed by atoms with E-state index in [1.54, 1.807) is 12.1 Å². The van der Waals surface area contributed by atoms with Gasteiger partial charge in [0.1, 0.15) is 0 Å². The first-order chi connectivity index (χ1) is 7.48. The van der Waals surface area contributed by atoms with Gasteiger partial charge in [-0.2, -0.15) is 0 Å². The van der Waals surface area contributed by atoms with E-state index in [1.807, 2.05) is 17.0 Å². The molecule has 1 aromatic rings. The maximum Gasteiger partial charge on any atom is 0.253 e. The van der Waals surface area contributed by atoms with E-state index in [2.05, 4.69) is 13.8 Å². The lowest BCUT2D eigenvalue weighted by molar-refractivity contribution is 0.0778. The van der Waals surface area contributed by atoms with Gasteiger partial charge in [-0.05, 0) is 30.0 Å². The van der Waals surface area contributed by atoms with Gasteiger partial charge in [0, 0.05) is 24.3 Å². The summed E-state index contributed by atoms with van der Waals surface area (Å²) in [6.45, 7) is 6.07. The highest BCUT2D eigenvalue weighted by Crippen LogP contribution is 2.29. The fraction of sp³-hybridized carbons (Fsp3) is 0.462. The number of hydrogen-bond acceptors (Lipinski definition) is 2. The molecule has 1 aliphatic heterocycles. The number of carbonyl (C=O) groups is 1. The molecular formula is C13H18N2O. The minimum atomic E-state index is 0.0953. The first-order valence-corrected chi connectivity index (χ1v) is 5.63. The molecule has 3 nitrogen and oxygen atoms in total. The normalized spacial score (nSPS) is 18.8. The van der Waals surface area contributed by atoms with E-state index in [9.17, 15) is 4.79 Å². The van der Waals surface area contributed by atoms with Crippen LogP contribution >= 0.6 is 0 Å². The summed E-state index contributed by atoms with van der Waals surface area (Å²) in [6, 6.07) is 7.19. The zero-order valence-electron chi connectivity index (χ0n) is 9.86. The van der Waals surface area contributed by atoms with Crippen LogP contribution in [0.1, 0.15) is 30.6 Å². The van der Waals surface area contributed by atoms with Gasteiger partial charge in [0.2, 0.25) is 0 Å². The fourth-order valence-electron chi connectivity index (χ4n) is 2.14. The zero-order chi connectivity index (χ0) is 11.8. The topological polar surface area (TPSA) is 46.3 Å². The molecule has 1 saturated heterocycles. The quantitative estimate of drug-likeness (QED) is 0.734. The van der Waals surface area contributed by atoms with Crippen molar-refractivity contribution in [1.29, 1.82) is 0 Å². The number of likely N-dealkylation sites (tertiary alicyclic amines) is 1. The second-order valence-corrected chi connectivity index (χ2v) is 5.27. The lowest BCUT2D eigenvalue weighted by Gasteiger charge is -2.19.